The zero-order valence-corrected chi connectivity index (χ0v) is 15.0. The third-order valence-corrected chi connectivity index (χ3v) is 5.57. The predicted molar refractivity (Wildman–Crippen MR) is 96.3 cm³/mol. The average Bonchev–Trinajstić information content (AvgIpc) is 3.33. The Balaban J connectivity index is 1.39. The highest BCUT2D eigenvalue weighted by Crippen LogP contribution is 2.38. The van der Waals surface area contributed by atoms with E-state index in [1.165, 1.54) is 23.5 Å². The van der Waals surface area contributed by atoms with Gasteiger partial charge in [0.05, 0.1) is 11.1 Å². The van der Waals surface area contributed by atoms with Crippen LogP contribution in [0.15, 0.2) is 18.2 Å². The fraction of sp³-hybridized carbons (Fsp3) is 0.278. The highest BCUT2D eigenvalue weighted by Gasteiger charge is 2.26. The molecule has 0 spiro atoms. The molecule has 1 aliphatic heterocycles. The molecule has 3 N–H and O–H groups in total. The van der Waals surface area contributed by atoms with E-state index in [0.717, 1.165) is 29.7 Å². The van der Waals surface area contributed by atoms with E-state index in [1.807, 2.05) is 0 Å². The lowest BCUT2D eigenvalue weighted by Crippen LogP contribution is -2.22. The molecular formula is C18H16N2O6S. The van der Waals surface area contributed by atoms with Gasteiger partial charge < -0.3 is 25.3 Å². The second kappa shape index (κ2) is 6.92. The Kier molecular flexibility index (Phi) is 4.44. The minimum absolute atomic E-state index is 0.100. The van der Waals surface area contributed by atoms with Crippen molar-refractivity contribution in [2.24, 2.45) is 5.73 Å². The number of thiophene rings is 1. The van der Waals surface area contributed by atoms with Crippen LogP contribution in [-0.2, 0) is 22.4 Å². The quantitative estimate of drug-likeness (QED) is 0.755. The monoisotopic (exact) mass is 388 g/mol. The van der Waals surface area contributed by atoms with Gasteiger partial charge in [0.25, 0.3) is 11.8 Å². The van der Waals surface area contributed by atoms with E-state index in [-0.39, 0.29) is 12.4 Å². The molecule has 140 valence electrons. The number of benzene rings is 1. The summed E-state index contributed by atoms with van der Waals surface area (Å²) in [7, 11) is 0. The summed E-state index contributed by atoms with van der Waals surface area (Å²) >= 11 is 1.35. The highest BCUT2D eigenvalue weighted by molar-refractivity contribution is 7.17. The van der Waals surface area contributed by atoms with Gasteiger partial charge in [0.2, 0.25) is 6.79 Å². The van der Waals surface area contributed by atoms with E-state index in [4.69, 9.17) is 19.9 Å². The molecule has 0 saturated heterocycles. The van der Waals surface area contributed by atoms with Crippen molar-refractivity contribution in [1.29, 1.82) is 0 Å². The zero-order valence-electron chi connectivity index (χ0n) is 14.2. The Morgan fingerprint density at radius 3 is 2.81 bits per heavy atom. The Morgan fingerprint density at radius 1 is 1.19 bits per heavy atom. The predicted octanol–water partition coefficient (Wildman–Crippen LogP) is 1.86. The minimum Gasteiger partial charge on any atom is -0.454 e. The summed E-state index contributed by atoms with van der Waals surface area (Å²) in [5.41, 5.74) is 6.99. The first-order valence-electron chi connectivity index (χ1n) is 8.34. The molecule has 2 heterocycles. The molecule has 1 aromatic carbocycles. The molecule has 2 aromatic rings. The lowest BCUT2D eigenvalue weighted by atomic mass is 10.1. The maximum Gasteiger partial charge on any atom is 0.338 e. The normalized spacial score (nSPS) is 13.9. The number of nitrogens with one attached hydrogen (secondary N) is 1. The topological polar surface area (TPSA) is 117 Å². The molecule has 1 aliphatic carbocycles. The van der Waals surface area contributed by atoms with Crippen LogP contribution >= 0.6 is 11.3 Å². The average molecular weight is 388 g/mol. The van der Waals surface area contributed by atoms with Crippen molar-refractivity contribution in [2.75, 3.05) is 18.7 Å². The Hall–Kier alpha value is -3.07. The second-order valence-corrected chi connectivity index (χ2v) is 7.22. The first-order chi connectivity index (χ1) is 13.0. The number of primary amides is 1. The van der Waals surface area contributed by atoms with Gasteiger partial charge >= 0.3 is 5.97 Å². The number of ether oxygens (including phenoxy) is 3. The number of esters is 1. The Labute approximate surface area is 158 Å². The van der Waals surface area contributed by atoms with Crippen LogP contribution in [0.25, 0.3) is 0 Å². The number of anilines is 1. The lowest BCUT2D eigenvalue weighted by molar-refractivity contribution is -0.119. The van der Waals surface area contributed by atoms with Gasteiger partial charge in [0.1, 0.15) is 5.00 Å². The largest absolute Gasteiger partial charge is 0.454 e. The summed E-state index contributed by atoms with van der Waals surface area (Å²) in [6.45, 7) is -0.378. The van der Waals surface area contributed by atoms with Gasteiger partial charge in [-0.05, 0) is 43.0 Å². The van der Waals surface area contributed by atoms with Gasteiger partial charge in [0.15, 0.2) is 18.1 Å². The van der Waals surface area contributed by atoms with E-state index < -0.39 is 24.4 Å². The van der Waals surface area contributed by atoms with Crippen molar-refractivity contribution in [2.45, 2.75) is 19.3 Å². The maximum absolute atomic E-state index is 12.2. The van der Waals surface area contributed by atoms with Crippen LogP contribution in [-0.4, -0.2) is 31.2 Å². The van der Waals surface area contributed by atoms with Gasteiger partial charge in [-0.2, -0.15) is 0 Å². The van der Waals surface area contributed by atoms with Crippen LogP contribution in [0.1, 0.15) is 37.6 Å². The standard InChI is InChI=1S/C18H16N2O6S/c19-16(22)15-10-2-1-3-13(10)27-17(15)20-14(21)7-24-18(23)9-4-5-11-12(6-9)26-8-25-11/h4-6H,1-3,7-8H2,(H2,19,22)(H,20,21). The molecule has 0 saturated carbocycles. The van der Waals surface area contributed by atoms with E-state index in [1.54, 1.807) is 6.07 Å². The molecule has 27 heavy (non-hydrogen) atoms. The van der Waals surface area contributed by atoms with Crippen molar-refractivity contribution in [3.8, 4) is 11.5 Å². The van der Waals surface area contributed by atoms with Crippen molar-refractivity contribution in [3.63, 3.8) is 0 Å². The van der Waals surface area contributed by atoms with E-state index in [0.29, 0.717) is 22.1 Å². The molecule has 0 fully saturated rings. The SMILES string of the molecule is NC(=O)c1c(NC(=O)COC(=O)c2ccc3c(c2)OCO3)sc2c1CCC2. The number of nitrogens with two attached hydrogens (primary N) is 1. The summed E-state index contributed by atoms with van der Waals surface area (Å²) in [6.07, 6.45) is 2.62. The maximum atomic E-state index is 12.2. The molecule has 9 heteroatoms. The summed E-state index contributed by atoms with van der Waals surface area (Å²) in [5.74, 6) is -0.761. The molecule has 8 nitrogen and oxygen atoms in total. The fourth-order valence-electron chi connectivity index (χ4n) is 3.15. The zero-order chi connectivity index (χ0) is 19.0. The molecule has 0 radical (unpaired) electrons. The molecule has 4 rings (SSSR count). The van der Waals surface area contributed by atoms with E-state index in [2.05, 4.69) is 5.32 Å². The van der Waals surface area contributed by atoms with E-state index in [9.17, 15) is 14.4 Å². The summed E-state index contributed by atoms with van der Waals surface area (Å²) in [6, 6.07) is 4.63. The minimum atomic E-state index is -0.660. The van der Waals surface area contributed by atoms with Gasteiger partial charge in [0, 0.05) is 4.88 Å². The van der Waals surface area contributed by atoms with Crippen molar-refractivity contribution in [3.05, 3.63) is 39.8 Å². The van der Waals surface area contributed by atoms with Crippen LogP contribution in [0.3, 0.4) is 0 Å². The number of rotatable bonds is 5. The van der Waals surface area contributed by atoms with Crippen LogP contribution in [0, 0.1) is 0 Å². The third kappa shape index (κ3) is 3.33. The van der Waals surface area contributed by atoms with Crippen LogP contribution in [0.2, 0.25) is 0 Å². The first-order valence-corrected chi connectivity index (χ1v) is 9.15. The Morgan fingerprint density at radius 2 is 2.00 bits per heavy atom. The molecule has 1 aromatic heterocycles. The number of hydrogen-bond acceptors (Lipinski definition) is 7. The second-order valence-electron chi connectivity index (χ2n) is 6.12. The van der Waals surface area contributed by atoms with Crippen molar-refractivity contribution in [1.82, 2.24) is 0 Å². The van der Waals surface area contributed by atoms with Crippen LogP contribution in [0.4, 0.5) is 5.00 Å². The molecule has 0 bridgehead atoms. The summed E-state index contributed by atoms with van der Waals surface area (Å²) in [4.78, 5) is 37.1. The van der Waals surface area contributed by atoms with Gasteiger partial charge in [-0.3, -0.25) is 9.59 Å². The fourth-order valence-corrected chi connectivity index (χ4v) is 4.46. The molecule has 2 aliphatic rings. The molecule has 0 unspecified atom stereocenters. The van der Waals surface area contributed by atoms with Crippen molar-refractivity contribution >= 4 is 34.1 Å². The summed E-state index contributed by atoms with van der Waals surface area (Å²) < 4.78 is 15.4. The van der Waals surface area contributed by atoms with Gasteiger partial charge in [-0.15, -0.1) is 11.3 Å². The van der Waals surface area contributed by atoms with E-state index >= 15 is 0 Å². The van der Waals surface area contributed by atoms with Gasteiger partial charge in [-0.1, -0.05) is 0 Å². The number of amides is 2. The third-order valence-electron chi connectivity index (χ3n) is 4.36. The summed E-state index contributed by atoms with van der Waals surface area (Å²) in [5, 5.41) is 3.04. The number of hydrogen-bond donors (Lipinski definition) is 2. The smallest absolute Gasteiger partial charge is 0.338 e. The highest BCUT2D eigenvalue weighted by atomic mass is 32.1. The van der Waals surface area contributed by atoms with Crippen LogP contribution in [0.5, 0.6) is 11.5 Å². The first kappa shape index (κ1) is 17.3. The number of carbonyl (C=O) groups excluding carboxylic acids is 3. The van der Waals surface area contributed by atoms with Crippen LogP contribution < -0.4 is 20.5 Å². The number of fused-ring (bicyclic) bond motifs is 2. The molecular weight excluding hydrogens is 372 g/mol. The number of aryl methyl sites for hydroxylation is 1. The van der Waals surface area contributed by atoms with Crippen molar-refractivity contribution < 1.29 is 28.6 Å². The molecule has 0 atom stereocenters. The molecule has 2 amide bonds. The lowest BCUT2D eigenvalue weighted by Gasteiger charge is -2.07. The van der Waals surface area contributed by atoms with Gasteiger partial charge in [-0.25, -0.2) is 4.79 Å². The Bertz CT molecular complexity index is 952. The number of carbonyl (C=O) groups is 3.